The number of aryl methyl sites for hydroxylation is 2. The molecule has 0 aromatic heterocycles. The zero-order valence-corrected chi connectivity index (χ0v) is 14.9. The summed E-state index contributed by atoms with van der Waals surface area (Å²) in [4.78, 5) is 0. The van der Waals surface area contributed by atoms with E-state index >= 15 is 0 Å². The van der Waals surface area contributed by atoms with Crippen LogP contribution in [0.25, 0.3) is 0 Å². The van der Waals surface area contributed by atoms with E-state index in [2.05, 4.69) is 38.1 Å². The Bertz CT molecular complexity index is 381. The highest BCUT2D eigenvalue weighted by atomic mass is 14.3. The predicted octanol–water partition coefficient (Wildman–Crippen LogP) is 6.96. The summed E-state index contributed by atoms with van der Waals surface area (Å²) in [5.74, 6) is 2.04. The van der Waals surface area contributed by atoms with Gasteiger partial charge in [0.05, 0.1) is 0 Å². The van der Waals surface area contributed by atoms with Crippen molar-refractivity contribution < 1.29 is 0 Å². The van der Waals surface area contributed by atoms with E-state index in [-0.39, 0.29) is 0 Å². The summed E-state index contributed by atoms with van der Waals surface area (Å²) >= 11 is 0. The maximum atomic E-state index is 2.38. The lowest BCUT2D eigenvalue weighted by Gasteiger charge is -2.28. The Labute approximate surface area is 138 Å². The summed E-state index contributed by atoms with van der Waals surface area (Å²) in [5.41, 5.74) is 3.08. The van der Waals surface area contributed by atoms with Gasteiger partial charge < -0.3 is 0 Å². The summed E-state index contributed by atoms with van der Waals surface area (Å²) < 4.78 is 0. The third kappa shape index (κ3) is 6.15. The van der Waals surface area contributed by atoms with Crippen LogP contribution in [0.3, 0.4) is 0 Å². The van der Waals surface area contributed by atoms with Crippen LogP contribution in [0.2, 0.25) is 0 Å². The molecule has 1 fully saturated rings. The van der Waals surface area contributed by atoms with Crippen molar-refractivity contribution >= 4 is 0 Å². The highest BCUT2D eigenvalue weighted by molar-refractivity contribution is 5.22. The lowest BCUT2D eigenvalue weighted by Crippen LogP contribution is -2.15. The summed E-state index contributed by atoms with van der Waals surface area (Å²) in [6.45, 7) is 4.61. The Morgan fingerprint density at radius 2 is 1.23 bits per heavy atom. The largest absolute Gasteiger partial charge is 0.0654 e. The molecule has 0 radical (unpaired) electrons. The van der Waals surface area contributed by atoms with Crippen LogP contribution in [0, 0.1) is 11.8 Å². The van der Waals surface area contributed by atoms with Crippen molar-refractivity contribution in [2.45, 2.75) is 90.9 Å². The molecule has 0 spiro atoms. The van der Waals surface area contributed by atoms with Gasteiger partial charge in [0.25, 0.3) is 0 Å². The van der Waals surface area contributed by atoms with Gasteiger partial charge in [0.15, 0.2) is 0 Å². The minimum atomic E-state index is 0.998. The van der Waals surface area contributed by atoms with Crippen molar-refractivity contribution in [3.63, 3.8) is 0 Å². The smallest absolute Gasteiger partial charge is 0.0276 e. The van der Waals surface area contributed by atoms with E-state index in [1.807, 2.05) is 0 Å². The van der Waals surface area contributed by atoms with Crippen molar-refractivity contribution in [1.82, 2.24) is 0 Å². The van der Waals surface area contributed by atoms with Crippen molar-refractivity contribution in [2.24, 2.45) is 11.8 Å². The molecule has 0 nitrogen and oxygen atoms in total. The van der Waals surface area contributed by atoms with E-state index in [9.17, 15) is 0 Å². The number of hydrogen-bond acceptors (Lipinski definition) is 0. The average Bonchev–Trinajstić information content (AvgIpc) is 2.56. The van der Waals surface area contributed by atoms with Gasteiger partial charge in [-0.1, -0.05) is 89.5 Å². The van der Waals surface area contributed by atoms with Crippen LogP contribution in [-0.2, 0) is 12.8 Å². The molecule has 0 heterocycles. The zero-order valence-electron chi connectivity index (χ0n) is 14.9. The van der Waals surface area contributed by atoms with Gasteiger partial charge in [0, 0.05) is 0 Å². The molecule has 0 heteroatoms. The third-order valence-electron chi connectivity index (χ3n) is 5.60. The standard InChI is InChI=1S/C22H36/c1-3-5-6-8-20-11-15-22(16-12-20)18-17-21-13-9-19(7-4-2)10-14-21/h11-12,15-16,19,21H,3-10,13-14,17-18H2,1-2H3/t19-,21-. The van der Waals surface area contributed by atoms with E-state index in [0.717, 1.165) is 11.8 Å². The molecule has 1 aromatic rings. The lowest BCUT2D eigenvalue weighted by atomic mass is 9.78. The van der Waals surface area contributed by atoms with Crippen molar-refractivity contribution in [1.29, 1.82) is 0 Å². The van der Waals surface area contributed by atoms with Crippen LogP contribution >= 0.6 is 0 Å². The quantitative estimate of drug-likeness (QED) is 0.432. The van der Waals surface area contributed by atoms with Crippen molar-refractivity contribution in [3.05, 3.63) is 35.4 Å². The normalized spacial score (nSPS) is 21.9. The summed E-state index contributed by atoms with van der Waals surface area (Å²) in [6.07, 6.45) is 16.8. The van der Waals surface area contributed by atoms with Gasteiger partial charge in [-0.15, -0.1) is 0 Å². The fraction of sp³-hybridized carbons (Fsp3) is 0.727. The first-order chi connectivity index (χ1) is 10.8. The van der Waals surface area contributed by atoms with E-state index in [4.69, 9.17) is 0 Å². The van der Waals surface area contributed by atoms with Gasteiger partial charge in [-0.3, -0.25) is 0 Å². The molecule has 0 N–H and O–H groups in total. The van der Waals surface area contributed by atoms with Crippen LogP contribution in [-0.4, -0.2) is 0 Å². The second-order valence-electron chi connectivity index (χ2n) is 7.49. The van der Waals surface area contributed by atoms with Gasteiger partial charge in [-0.05, 0) is 48.6 Å². The maximum absolute atomic E-state index is 2.38. The Morgan fingerprint density at radius 3 is 1.77 bits per heavy atom. The first-order valence-corrected chi connectivity index (χ1v) is 9.89. The van der Waals surface area contributed by atoms with E-state index in [1.54, 1.807) is 5.56 Å². The Hall–Kier alpha value is -0.780. The molecule has 0 unspecified atom stereocenters. The summed E-state index contributed by atoms with van der Waals surface area (Å²) in [7, 11) is 0. The fourth-order valence-corrected chi connectivity index (χ4v) is 4.04. The van der Waals surface area contributed by atoms with Crippen LogP contribution in [0.4, 0.5) is 0 Å². The third-order valence-corrected chi connectivity index (χ3v) is 5.60. The molecule has 0 bridgehead atoms. The van der Waals surface area contributed by atoms with Crippen LogP contribution in [0.1, 0.15) is 89.2 Å². The minimum Gasteiger partial charge on any atom is -0.0654 e. The molecule has 0 saturated heterocycles. The monoisotopic (exact) mass is 300 g/mol. The Balaban J connectivity index is 1.66. The lowest BCUT2D eigenvalue weighted by molar-refractivity contribution is 0.252. The molecule has 0 atom stereocenters. The number of hydrogen-bond donors (Lipinski definition) is 0. The van der Waals surface area contributed by atoms with Crippen LogP contribution in [0.15, 0.2) is 24.3 Å². The molecule has 1 aliphatic carbocycles. The number of unbranched alkanes of at least 4 members (excludes halogenated alkanes) is 2. The molecule has 124 valence electrons. The Kier molecular flexibility index (Phi) is 8.05. The summed E-state index contributed by atoms with van der Waals surface area (Å²) in [5, 5.41) is 0. The van der Waals surface area contributed by atoms with Crippen molar-refractivity contribution in [2.75, 3.05) is 0 Å². The van der Waals surface area contributed by atoms with Gasteiger partial charge in [-0.2, -0.15) is 0 Å². The second kappa shape index (κ2) is 10.1. The average molecular weight is 301 g/mol. The summed E-state index contributed by atoms with van der Waals surface area (Å²) in [6, 6.07) is 9.49. The first-order valence-electron chi connectivity index (χ1n) is 9.89. The van der Waals surface area contributed by atoms with Gasteiger partial charge >= 0.3 is 0 Å². The molecular formula is C22H36. The second-order valence-corrected chi connectivity index (χ2v) is 7.49. The zero-order chi connectivity index (χ0) is 15.6. The molecule has 0 aliphatic heterocycles. The maximum Gasteiger partial charge on any atom is -0.0276 e. The predicted molar refractivity (Wildman–Crippen MR) is 98.3 cm³/mol. The minimum absolute atomic E-state index is 0.998. The van der Waals surface area contributed by atoms with E-state index in [0.29, 0.717) is 0 Å². The van der Waals surface area contributed by atoms with E-state index < -0.39 is 0 Å². The van der Waals surface area contributed by atoms with Gasteiger partial charge in [0.2, 0.25) is 0 Å². The van der Waals surface area contributed by atoms with E-state index in [1.165, 1.54) is 82.6 Å². The fourth-order valence-electron chi connectivity index (χ4n) is 4.04. The van der Waals surface area contributed by atoms with Crippen LogP contribution < -0.4 is 0 Å². The number of benzene rings is 1. The first kappa shape index (κ1) is 17.6. The van der Waals surface area contributed by atoms with Gasteiger partial charge in [-0.25, -0.2) is 0 Å². The topological polar surface area (TPSA) is 0 Å². The molecule has 1 saturated carbocycles. The van der Waals surface area contributed by atoms with Gasteiger partial charge in [0.1, 0.15) is 0 Å². The van der Waals surface area contributed by atoms with Crippen molar-refractivity contribution in [3.8, 4) is 0 Å². The molecule has 1 aromatic carbocycles. The SMILES string of the molecule is CCCCCc1ccc(CC[C@H]2CC[C@H](CCC)CC2)cc1. The highest BCUT2D eigenvalue weighted by Gasteiger charge is 2.20. The molecule has 2 rings (SSSR count). The highest BCUT2D eigenvalue weighted by Crippen LogP contribution is 2.33. The molecule has 22 heavy (non-hydrogen) atoms. The number of rotatable bonds is 9. The molecule has 0 amide bonds. The molecule has 1 aliphatic rings. The molecular weight excluding hydrogens is 264 g/mol. The Morgan fingerprint density at radius 1 is 0.682 bits per heavy atom. The van der Waals surface area contributed by atoms with Crippen LogP contribution in [0.5, 0.6) is 0 Å².